The van der Waals surface area contributed by atoms with Gasteiger partial charge in [0.1, 0.15) is 16.7 Å². The normalized spacial score (nSPS) is 12.0. The number of benzene rings is 3. The number of aryl methyl sites for hydroxylation is 1. The Kier molecular flexibility index (Phi) is 8.04. The van der Waals surface area contributed by atoms with E-state index >= 15 is 0 Å². The van der Waals surface area contributed by atoms with Crippen molar-refractivity contribution in [2.45, 2.75) is 24.3 Å². The Labute approximate surface area is 199 Å². The van der Waals surface area contributed by atoms with Crippen LogP contribution in [-0.2, 0) is 26.0 Å². The van der Waals surface area contributed by atoms with Crippen LogP contribution in [0.3, 0.4) is 0 Å². The van der Waals surface area contributed by atoms with Crippen LogP contribution in [0.15, 0.2) is 77.7 Å². The summed E-state index contributed by atoms with van der Waals surface area (Å²) < 4.78 is 38.9. The number of nitrogens with one attached hydrogen (secondary N) is 2. The van der Waals surface area contributed by atoms with Gasteiger partial charge in [-0.05, 0) is 60.9 Å². The van der Waals surface area contributed by atoms with Crippen molar-refractivity contribution < 1.29 is 27.5 Å². The Morgan fingerprint density at radius 3 is 2.24 bits per heavy atom. The molecule has 0 saturated carbocycles. The zero-order chi connectivity index (χ0) is 24.7. The van der Waals surface area contributed by atoms with Crippen molar-refractivity contribution >= 4 is 27.6 Å². The molecule has 1 atom stereocenters. The number of methoxy groups -OCH3 is 2. The van der Waals surface area contributed by atoms with Crippen LogP contribution in [0.25, 0.3) is 0 Å². The molecule has 0 unspecified atom stereocenters. The Morgan fingerprint density at radius 2 is 1.62 bits per heavy atom. The first-order valence-corrected chi connectivity index (χ1v) is 11.9. The van der Waals surface area contributed by atoms with Crippen molar-refractivity contribution in [3.63, 3.8) is 0 Å². The summed E-state index contributed by atoms with van der Waals surface area (Å²) in [6.45, 7) is 1.77. The van der Waals surface area contributed by atoms with Gasteiger partial charge in [-0.25, -0.2) is 13.2 Å². The van der Waals surface area contributed by atoms with Crippen molar-refractivity contribution in [2.75, 3.05) is 19.5 Å². The maximum atomic E-state index is 13.3. The smallest absolute Gasteiger partial charge is 0.337 e. The van der Waals surface area contributed by atoms with E-state index in [9.17, 15) is 18.0 Å². The molecule has 3 rings (SSSR count). The first-order chi connectivity index (χ1) is 16.2. The van der Waals surface area contributed by atoms with Gasteiger partial charge < -0.3 is 14.8 Å². The molecule has 0 radical (unpaired) electrons. The third-order valence-electron chi connectivity index (χ3n) is 5.08. The van der Waals surface area contributed by atoms with Crippen molar-refractivity contribution in [3.8, 4) is 5.75 Å². The maximum Gasteiger partial charge on any atom is 0.337 e. The molecular weight excluding hydrogens is 456 g/mol. The fourth-order valence-electron chi connectivity index (χ4n) is 3.32. The van der Waals surface area contributed by atoms with Gasteiger partial charge in [-0.3, -0.25) is 4.79 Å². The Morgan fingerprint density at radius 1 is 0.941 bits per heavy atom. The number of esters is 1. The number of hydrogen-bond acceptors (Lipinski definition) is 6. The third kappa shape index (κ3) is 6.21. The Hall–Kier alpha value is -3.69. The summed E-state index contributed by atoms with van der Waals surface area (Å²) in [6.07, 6.45) is 0.125. The van der Waals surface area contributed by atoms with Crippen molar-refractivity contribution in [2.24, 2.45) is 0 Å². The molecule has 178 valence electrons. The lowest BCUT2D eigenvalue weighted by Crippen LogP contribution is -2.45. The number of sulfonamides is 1. The molecule has 3 aromatic rings. The van der Waals surface area contributed by atoms with Gasteiger partial charge in [-0.15, -0.1) is 0 Å². The lowest BCUT2D eigenvalue weighted by molar-refractivity contribution is -0.117. The van der Waals surface area contributed by atoms with E-state index in [4.69, 9.17) is 4.74 Å². The SMILES string of the molecule is COC(=O)c1ccc(NC(=O)[C@H](Cc2ccccc2)NS(=O)(=O)c2cc(C)ccc2OC)cc1. The molecule has 0 aliphatic heterocycles. The summed E-state index contributed by atoms with van der Waals surface area (Å²) in [4.78, 5) is 24.7. The van der Waals surface area contributed by atoms with Crippen LogP contribution >= 0.6 is 0 Å². The van der Waals surface area contributed by atoms with E-state index in [1.165, 1.54) is 32.4 Å². The second-order valence-corrected chi connectivity index (χ2v) is 9.26. The molecule has 0 aliphatic rings. The first-order valence-electron chi connectivity index (χ1n) is 10.4. The number of ether oxygens (including phenoxy) is 2. The highest BCUT2D eigenvalue weighted by molar-refractivity contribution is 7.89. The number of anilines is 1. The van der Waals surface area contributed by atoms with E-state index in [0.717, 1.165) is 11.1 Å². The first kappa shape index (κ1) is 24.9. The predicted octanol–water partition coefficient (Wildman–Crippen LogP) is 3.32. The lowest BCUT2D eigenvalue weighted by Gasteiger charge is -2.20. The summed E-state index contributed by atoms with van der Waals surface area (Å²) >= 11 is 0. The van der Waals surface area contributed by atoms with Gasteiger partial charge in [0.05, 0.1) is 19.8 Å². The van der Waals surface area contributed by atoms with Crippen LogP contribution in [0.2, 0.25) is 0 Å². The molecule has 3 aromatic carbocycles. The van der Waals surface area contributed by atoms with Gasteiger partial charge in [0, 0.05) is 5.69 Å². The minimum Gasteiger partial charge on any atom is -0.495 e. The van der Waals surface area contributed by atoms with Gasteiger partial charge in [0.15, 0.2) is 0 Å². The fourth-order valence-corrected chi connectivity index (χ4v) is 4.77. The average molecular weight is 483 g/mol. The number of carbonyl (C=O) groups excluding carboxylic acids is 2. The van der Waals surface area contributed by atoms with Gasteiger partial charge in [0.25, 0.3) is 0 Å². The van der Waals surface area contributed by atoms with Crippen LogP contribution in [0.4, 0.5) is 5.69 Å². The van der Waals surface area contributed by atoms with E-state index in [1.54, 1.807) is 31.2 Å². The second-order valence-electron chi connectivity index (χ2n) is 7.58. The highest BCUT2D eigenvalue weighted by atomic mass is 32.2. The second kappa shape index (κ2) is 11.0. The molecule has 0 fully saturated rings. The molecule has 2 N–H and O–H groups in total. The molecular formula is C25H26N2O6S. The molecule has 1 amide bonds. The van der Waals surface area contributed by atoms with Crippen LogP contribution < -0.4 is 14.8 Å². The minimum atomic E-state index is -4.10. The predicted molar refractivity (Wildman–Crippen MR) is 128 cm³/mol. The highest BCUT2D eigenvalue weighted by Gasteiger charge is 2.28. The summed E-state index contributed by atoms with van der Waals surface area (Å²) in [5.74, 6) is -0.875. The van der Waals surface area contributed by atoms with E-state index < -0.39 is 27.9 Å². The van der Waals surface area contributed by atoms with Crippen molar-refractivity contribution in [1.82, 2.24) is 4.72 Å². The molecule has 34 heavy (non-hydrogen) atoms. The van der Waals surface area contributed by atoms with Gasteiger partial charge >= 0.3 is 5.97 Å². The molecule has 0 bridgehead atoms. The molecule has 9 heteroatoms. The largest absolute Gasteiger partial charge is 0.495 e. The van der Waals surface area contributed by atoms with Gasteiger partial charge in [-0.1, -0.05) is 36.4 Å². The molecule has 0 heterocycles. The number of rotatable bonds is 9. The third-order valence-corrected chi connectivity index (χ3v) is 6.57. The van der Waals surface area contributed by atoms with Crippen molar-refractivity contribution in [1.29, 1.82) is 0 Å². The minimum absolute atomic E-state index is 0.0525. The summed E-state index contributed by atoms with van der Waals surface area (Å²) in [6, 6.07) is 18.9. The highest BCUT2D eigenvalue weighted by Crippen LogP contribution is 2.25. The van der Waals surface area contributed by atoms with E-state index in [-0.39, 0.29) is 17.1 Å². The van der Waals surface area contributed by atoms with Crippen LogP contribution in [0.1, 0.15) is 21.5 Å². The molecule has 0 saturated heterocycles. The zero-order valence-corrected chi connectivity index (χ0v) is 19.9. The standard InChI is InChI=1S/C25H26N2O6S/c1-17-9-14-22(32-2)23(15-17)34(30,31)27-21(16-18-7-5-4-6-8-18)24(28)26-20-12-10-19(11-13-20)25(29)33-3/h4-15,21,27H,16H2,1-3H3,(H,26,28)/t21-/m0/s1. The monoisotopic (exact) mass is 482 g/mol. The van der Waals surface area contributed by atoms with Crippen LogP contribution in [0, 0.1) is 6.92 Å². The van der Waals surface area contributed by atoms with Gasteiger partial charge in [0.2, 0.25) is 15.9 Å². The fraction of sp³-hybridized carbons (Fsp3) is 0.200. The van der Waals surface area contributed by atoms with Crippen LogP contribution in [-0.4, -0.2) is 40.6 Å². The number of amides is 1. The van der Waals surface area contributed by atoms with Gasteiger partial charge in [-0.2, -0.15) is 4.72 Å². The van der Waals surface area contributed by atoms with E-state index in [0.29, 0.717) is 11.3 Å². The molecule has 0 spiro atoms. The van der Waals surface area contributed by atoms with Crippen LogP contribution in [0.5, 0.6) is 5.75 Å². The quantitative estimate of drug-likeness (QED) is 0.453. The molecule has 8 nitrogen and oxygen atoms in total. The zero-order valence-electron chi connectivity index (χ0n) is 19.1. The topological polar surface area (TPSA) is 111 Å². The number of hydrogen-bond donors (Lipinski definition) is 2. The molecule has 0 aliphatic carbocycles. The summed E-state index contributed by atoms with van der Waals surface area (Å²) in [7, 11) is -1.44. The van der Waals surface area contributed by atoms with E-state index in [2.05, 4.69) is 14.8 Å². The lowest BCUT2D eigenvalue weighted by atomic mass is 10.1. The Bertz CT molecular complexity index is 1260. The number of carbonyl (C=O) groups is 2. The maximum absolute atomic E-state index is 13.3. The summed E-state index contributed by atoms with van der Waals surface area (Å²) in [5, 5.41) is 2.71. The van der Waals surface area contributed by atoms with E-state index in [1.807, 2.05) is 30.3 Å². The molecule has 0 aromatic heterocycles. The summed E-state index contributed by atoms with van der Waals surface area (Å²) in [5.41, 5.74) is 2.25. The average Bonchev–Trinajstić information content (AvgIpc) is 2.84. The Balaban J connectivity index is 1.88. The van der Waals surface area contributed by atoms with Crippen molar-refractivity contribution in [3.05, 3.63) is 89.5 Å².